The molecule has 6 heteroatoms. The van der Waals surface area contributed by atoms with Gasteiger partial charge in [-0.05, 0) is 87.6 Å². The van der Waals surface area contributed by atoms with Crippen LogP contribution >= 0.6 is 0 Å². The van der Waals surface area contributed by atoms with Crippen LogP contribution in [0.25, 0.3) is 133 Å². The molecule has 0 aliphatic carbocycles. The van der Waals surface area contributed by atoms with Crippen LogP contribution in [0.5, 0.6) is 0 Å². The van der Waals surface area contributed by atoms with Crippen LogP contribution in [0.1, 0.15) is 0 Å². The second-order valence-electron chi connectivity index (χ2n) is 17.2. The van der Waals surface area contributed by atoms with E-state index in [1.54, 1.807) is 0 Å². The largest absolute Gasteiger partial charge is 0.456 e. The van der Waals surface area contributed by atoms with Crippen LogP contribution in [0.2, 0.25) is 0 Å². The Hall–Kier alpha value is -9.13. The minimum Gasteiger partial charge on any atom is -0.456 e. The van der Waals surface area contributed by atoms with Gasteiger partial charge in [-0.3, -0.25) is 4.57 Å². The quantitative estimate of drug-likeness (QED) is 0.167. The molecule has 0 amide bonds. The Labute approximate surface area is 384 Å². The van der Waals surface area contributed by atoms with Gasteiger partial charge in [0.2, 0.25) is 5.95 Å². The van der Waals surface area contributed by atoms with E-state index >= 15 is 0 Å². The van der Waals surface area contributed by atoms with Crippen molar-refractivity contribution in [1.29, 1.82) is 0 Å². The van der Waals surface area contributed by atoms with Gasteiger partial charge in [-0.2, -0.15) is 9.97 Å². The Kier molecular flexibility index (Phi) is 8.18. The first-order valence-electron chi connectivity index (χ1n) is 22.6. The second kappa shape index (κ2) is 14.7. The lowest BCUT2D eigenvalue weighted by Crippen LogP contribution is -2.06. The fraction of sp³-hybridized carbons (Fsp3) is 0. The third-order valence-electron chi connectivity index (χ3n) is 13.4. The van der Waals surface area contributed by atoms with E-state index < -0.39 is 0 Å². The van der Waals surface area contributed by atoms with Crippen molar-refractivity contribution in [3.8, 4) is 56.7 Å². The number of aromatic nitrogens is 5. The number of rotatable bonds is 6. The Morgan fingerprint density at radius 1 is 0.299 bits per heavy atom. The number of benzene rings is 10. The van der Waals surface area contributed by atoms with Crippen molar-refractivity contribution in [2.75, 3.05) is 0 Å². The summed E-state index contributed by atoms with van der Waals surface area (Å²) in [7, 11) is 0. The predicted molar refractivity (Wildman–Crippen MR) is 275 cm³/mol. The number of nitrogens with zero attached hydrogens (tertiary/aromatic N) is 5. The highest BCUT2D eigenvalue weighted by molar-refractivity contribution is 6.33. The lowest BCUT2D eigenvalue weighted by Gasteiger charge is -2.12. The van der Waals surface area contributed by atoms with Gasteiger partial charge in [-0.15, -0.1) is 0 Å². The molecule has 0 spiro atoms. The Morgan fingerprint density at radius 3 is 1.66 bits per heavy atom. The fourth-order valence-electron chi connectivity index (χ4n) is 10.3. The average molecular weight is 856 g/mol. The standard InChI is InChI=1S/C61H37N5O/c1-3-14-38(15-4-1)40-26-28-42(29-27-40)59-62-60(44-30-32-48-47-22-10-12-25-54(47)67-55(48)37-44)64-61(63-59)66-50-24-11-9-23-49(50)57-52(66)34-35-53-58(57)56-46-21-8-7-18-41(46)31-33-51(56)65(53)45-20-13-19-43(36-45)39-16-5-2-6-17-39/h1-37H. The average Bonchev–Trinajstić information content (AvgIpc) is 4.07. The summed E-state index contributed by atoms with van der Waals surface area (Å²) in [5, 5.41) is 9.19. The van der Waals surface area contributed by atoms with Crippen molar-refractivity contribution in [2.24, 2.45) is 0 Å². The maximum atomic E-state index is 6.39. The number of hydrogen-bond donors (Lipinski definition) is 0. The summed E-state index contributed by atoms with van der Waals surface area (Å²) in [6, 6.07) is 79.2. The molecular formula is C61H37N5O. The number of hydrogen-bond acceptors (Lipinski definition) is 4. The van der Waals surface area contributed by atoms with Crippen molar-refractivity contribution >= 4 is 76.3 Å². The first-order valence-corrected chi connectivity index (χ1v) is 22.6. The molecule has 0 saturated carbocycles. The number of para-hydroxylation sites is 2. The van der Waals surface area contributed by atoms with Crippen LogP contribution in [0.3, 0.4) is 0 Å². The Morgan fingerprint density at radius 2 is 0.851 bits per heavy atom. The highest BCUT2D eigenvalue weighted by Gasteiger charge is 2.24. The number of furan rings is 1. The van der Waals surface area contributed by atoms with Crippen molar-refractivity contribution in [3.05, 3.63) is 224 Å². The van der Waals surface area contributed by atoms with Gasteiger partial charge in [0, 0.05) is 49.1 Å². The molecule has 67 heavy (non-hydrogen) atoms. The number of fused-ring (bicyclic) bond motifs is 12. The zero-order valence-electron chi connectivity index (χ0n) is 36.0. The van der Waals surface area contributed by atoms with Crippen LogP contribution in [0, 0.1) is 0 Å². The molecule has 4 heterocycles. The highest BCUT2D eigenvalue weighted by atomic mass is 16.3. The summed E-state index contributed by atoms with van der Waals surface area (Å²) < 4.78 is 11.0. The fourth-order valence-corrected chi connectivity index (χ4v) is 10.3. The third kappa shape index (κ3) is 5.86. The normalized spacial score (nSPS) is 11.9. The Balaban J connectivity index is 1.04. The zero-order chi connectivity index (χ0) is 44.0. The molecule has 0 radical (unpaired) electrons. The molecule has 14 rings (SSSR count). The van der Waals surface area contributed by atoms with Gasteiger partial charge in [0.1, 0.15) is 11.2 Å². The van der Waals surface area contributed by atoms with E-state index in [0.717, 1.165) is 82.7 Å². The molecule has 14 aromatic rings. The molecule has 0 bridgehead atoms. The van der Waals surface area contributed by atoms with Gasteiger partial charge in [-0.1, -0.05) is 170 Å². The minimum absolute atomic E-state index is 0.534. The lowest BCUT2D eigenvalue weighted by molar-refractivity contribution is 0.669. The molecule has 0 fully saturated rings. The van der Waals surface area contributed by atoms with Crippen LogP contribution in [0.15, 0.2) is 229 Å². The topological polar surface area (TPSA) is 61.7 Å². The maximum absolute atomic E-state index is 6.39. The van der Waals surface area contributed by atoms with Crippen molar-refractivity contribution in [2.45, 2.75) is 0 Å². The van der Waals surface area contributed by atoms with Gasteiger partial charge in [0.05, 0.1) is 22.1 Å². The van der Waals surface area contributed by atoms with E-state index in [1.165, 1.54) is 32.7 Å². The van der Waals surface area contributed by atoms with Crippen LogP contribution in [-0.2, 0) is 0 Å². The van der Waals surface area contributed by atoms with Crippen LogP contribution in [0.4, 0.5) is 0 Å². The highest BCUT2D eigenvalue weighted by Crippen LogP contribution is 2.45. The first kappa shape index (κ1) is 37.3. The molecule has 0 saturated heterocycles. The first-order chi connectivity index (χ1) is 33.2. The summed E-state index contributed by atoms with van der Waals surface area (Å²) >= 11 is 0. The maximum Gasteiger partial charge on any atom is 0.238 e. The molecule has 0 N–H and O–H groups in total. The summed E-state index contributed by atoms with van der Waals surface area (Å²) in [5.74, 6) is 1.67. The summed E-state index contributed by atoms with van der Waals surface area (Å²) in [5.41, 5.74) is 13.4. The molecule has 0 unspecified atom stereocenters. The van der Waals surface area contributed by atoms with Gasteiger partial charge < -0.3 is 8.98 Å². The van der Waals surface area contributed by atoms with Gasteiger partial charge >= 0.3 is 0 Å². The van der Waals surface area contributed by atoms with Crippen molar-refractivity contribution in [1.82, 2.24) is 24.1 Å². The van der Waals surface area contributed by atoms with Gasteiger partial charge in [-0.25, -0.2) is 4.98 Å². The monoisotopic (exact) mass is 855 g/mol. The molecule has 0 aliphatic rings. The SMILES string of the molecule is c1ccc(-c2ccc(-c3nc(-c4ccc5c(c4)oc4ccccc45)nc(-n4c5ccccc5c5c6c7c8ccccc8ccc7n(-c7cccc(-c8ccccc8)c7)c6ccc54)n3)cc2)cc1. The van der Waals surface area contributed by atoms with E-state index in [-0.39, 0.29) is 0 Å². The second-order valence-corrected chi connectivity index (χ2v) is 17.2. The van der Waals surface area contributed by atoms with Gasteiger partial charge in [0.15, 0.2) is 11.6 Å². The zero-order valence-corrected chi connectivity index (χ0v) is 36.0. The molecule has 4 aromatic heterocycles. The molecule has 312 valence electrons. The molecular weight excluding hydrogens is 819 g/mol. The van der Waals surface area contributed by atoms with Crippen LogP contribution < -0.4 is 0 Å². The summed E-state index contributed by atoms with van der Waals surface area (Å²) in [6.07, 6.45) is 0. The Bertz CT molecular complexity index is 4260. The molecule has 0 aliphatic heterocycles. The van der Waals surface area contributed by atoms with E-state index in [1.807, 2.05) is 24.3 Å². The molecule has 10 aromatic carbocycles. The van der Waals surface area contributed by atoms with Gasteiger partial charge in [0.25, 0.3) is 0 Å². The van der Waals surface area contributed by atoms with E-state index in [9.17, 15) is 0 Å². The minimum atomic E-state index is 0.534. The van der Waals surface area contributed by atoms with E-state index in [2.05, 4.69) is 209 Å². The summed E-state index contributed by atoms with van der Waals surface area (Å²) in [4.78, 5) is 16.0. The third-order valence-corrected chi connectivity index (χ3v) is 13.4. The van der Waals surface area contributed by atoms with E-state index in [4.69, 9.17) is 19.4 Å². The molecule has 0 atom stereocenters. The van der Waals surface area contributed by atoms with Crippen molar-refractivity contribution < 1.29 is 4.42 Å². The van der Waals surface area contributed by atoms with Crippen molar-refractivity contribution in [3.63, 3.8) is 0 Å². The summed E-state index contributed by atoms with van der Waals surface area (Å²) in [6.45, 7) is 0. The molecule has 6 nitrogen and oxygen atoms in total. The smallest absolute Gasteiger partial charge is 0.238 e. The van der Waals surface area contributed by atoms with Crippen LogP contribution in [-0.4, -0.2) is 24.1 Å². The predicted octanol–water partition coefficient (Wildman–Crippen LogP) is 15.8. The lowest BCUT2D eigenvalue weighted by atomic mass is 10.0. The van der Waals surface area contributed by atoms with E-state index in [0.29, 0.717) is 17.6 Å².